The van der Waals surface area contributed by atoms with Gasteiger partial charge in [-0.1, -0.05) is 133 Å². The third-order valence-corrected chi connectivity index (χ3v) is 12.3. The van der Waals surface area contributed by atoms with Gasteiger partial charge in [0.2, 0.25) is 0 Å². The van der Waals surface area contributed by atoms with Crippen molar-refractivity contribution in [3.05, 3.63) is 206 Å². The normalized spacial score (nSPS) is 12.1. The molecule has 0 atom stereocenters. The van der Waals surface area contributed by atoms with Gasteiger partial charge in [0.1, 0.15) is 0 Å². The van der Waals surface area contributed by atoms with E-state index in [9.17, 15) is 0 Å². The van der Waals surface area contributed by atoms with Gasteiger partial charge in [-0.05, 0) is 72.8 Å². The van der Waals surface area contributed by atoms with E-state index in [-0.39, 0.29) is 0 Å². The average molecular weight is 739 g/mol. The number of para-hydroxylation sites is 7. The highest BCUT2D eigenvalue weighted by Crippen LogP contribution is 2.43. The molecule has 0 aliphatic rings. The first kappa shape index (κ1) is 31.4. The first-order valence-corrected chi connectivity index (χ1v) is 20.0. The maximum Gasteiger partial charge on any atom is 0.0641 e. The molecule has 0 N–H and O–H groups in total. The molecule has 270 valence electrons. The maximum absolute atomic E-state index is 2.53. The molecule has 13 rings (SSSR count). The molecular weight excluding hydrogens is 705 g/mol. The molecule has 0 bridgehead atoms. The summed E-state index contributed by atoms with van der Waals surface area (Å²) in [5.74, 6) is 0. The zero-order valence-electron chi connectivity index (χ0n) is 31.4. The van der Waals surface area contributed by atoms with Crippen LogP contribution in [0.25, 0.3) is 110 Å². The molecule has 9 aromatic carbocycles. The second-order valence-electron chi connectivity index (χ2n) is 15.3. The Bertz CT molecular complexity index is 3560. The first-order chi connectivity index (χ1) is 28.8. The van der Waals surface area contributed by atoms with Crippen molar-refractivity contribution in [2.24, 2.45) is 0 Å². The van der Waals surface area contributed by atoms with E-state index in [0.29, 0.717) is 0 Å². The zero-order chi connectivity index (χ0) is 37.9. The Morgan fingerprint density at radius 2 is 0.534 bits per heavy atom. The van der Waals surface area contributed by atoms with Gasteiger partial charge in [-0.3, -0.25) is 0 Å². The highest BCUT2D eigenvalue weighted by Gasteiger charge is 2.23. The standard InChI is InChI=1S/C54H34N4/c1-2-16-35(17-3-1)55-51-29-15-9-23-45(51)53-52(55)31-30-44-43-22-8-14-28-50(43)58(54(44)53)38-33-36(56-46-24-10-4-18-39(46)40-19-5-11-25-47(40)56)32-37(34-38)57-48-26-12-6-20-41(48)42-21-7-13-27-49(42)57/h1-34H. The van der Waals surface area contributed by atoms with Gasteiger partial charge in [-0.25, -0.2) is 0 Å². The van der Waals surface area contributed by atoms with Crippen molar-refractivity contribution < 1.29 is 0 Å². The van der Waals surface area contributed by atoms with Gasteiger partial charge in [0, 0.05) is 48.8 Å². The highest BCUT2D eigenvalue weighted by molar-refractivity contribution is 6.26. The minimum absolute atomic E-state index is 1.10. The lowest BCUT2D eigenvalue weighted by Gasteiger charge is -2.17. The van der Waals surface area contributed by atoms with E-state index in [2.05, 4.69) is 225 Å². The summed E-state index contributed by atoms with van der Waals surface area (Å²) in [6.07, 6.45) is 0. The minimum atomic E-state index is 1.10. The van der Waals surface area contributed by atoms with Crippen molar-refractivity contribution in [1.29, 1.82) is 0 Å². The predicted octanol–water partition coefficient (Wildman–Crippen LogP) is 14.1. The Morgan fingerprint density at radius 1 is 0.207 bits per heavy atom. The summed E-state index contributed by atoms with van der Waals surface area (Å²) in [5, 5.41) is 9.93. The third kappa shape index (κ3) is 4.23. The van der Waals surface area contributed by atoms with E-state index in [1.807, 2.05) is 0 Å². The summed E-state index contributed by atoms with van der Waals surface area (Å²) in [5.41, 5.74) is 14.0. The average Bonchev–Trinajstić information content (AvgIpc) is 4.01. The molecule has 58 heavy (non-hydrogen) atoms. The summed E-state index contributed by atoms with van der Waals surface area (Å²) in [6, 6.07) is 75.6. The summed E-state index contributed by atoms with van der Waals surface area (Å²) in [7, 11) is 0. The summed E-state index contributed by atoms with van der Waals surface area (Å²) in [6.45, 7) is 0. The van der Waals surface area contributed by atoms with Crippen LogP contribution in [0.5, 0.6) is 0 Å². The number of aromatic nitrogens is 4. The number of nitrogens with zero attached hydrogens (tertiary/aromatic N) is 4. The van der Waals surface area contributed by atoms with Crippen LogP contribution in [0.4, 0.5) is 0 Å². The number of fused-ring (bicyclic) bond motifs is 13. The van der Waals surface area contributed by atoms with Crippen LogP contribution in [-0.2, 0) is 0 Å². The van der Waals surface area contributed by atoms with E-state index in [4.69, 9.17) is 0 Å². The Labute approximate surface area is 333 Å². The monoisotopic (exact) mass is 738 g/mol. The molecule has 0 aliphatic heterocycles. The number of hydrogen-bond donors (Lipinski definition) is 0. The lowest BCUT2D eigenvalue weighted by atomic mass is 10.1. The lowest BCUT2D eigenvalue weighted by Crippen LogP contribution is -2.03. The molecule has 0 fully saturated rings. The van der Waals surface area contributed by atoms with Gasteiger partial charge < -0.3 is 18.3 Å². The quantitative estimate of drug-likeness (QED) is 0.171. The van der Waals surface area contributed by atoms with Crippen molar-refractivity contribution >= 4 is 87.2 Å². The summed E-state index contributed by atoms with van der Waals surface area (Å²) in [4.78, 5) is 0. The maximum atomic E-state index is 2.53. The SMILES string of the molecule is c1ccc(-n2c3ccccc3c3c2ccc2c4ccccc4n(-c4cc(-n5c6ccccc6c6ccccc65)cc(-n5c6ccccc6c6ccccc65)c4)c23)cc1. The number of rotatable bonds is 4. The van der Waals surface area contributed by atoms with Crippen LogP contribution < -0.4 is 0 Å². The van der Waals surface area contributed by atoms with Crippen LogP contribution >= 0.6 is 0 Å². The fourth-order valence-electron chi connectivity index (χ4n) is 10.0. The van der Waals surface area contributed by atoms with Gasteiger partial charge in [0.25, 0.3) is 0 Å². The van der Waals surface area contributed by atoms with E-state index in [1.165, 1.54) is 87.2 Å². The summed E-state index contributed by atoms with van der Waals surface area (Å²) >= 11 is 0. The largest absolute Gasteiger partial charge is 0.309 e. The molecule has 4 heteroatoms. The van der Waals surface area contributed by atoms with Crippen LogP contribution in [0.15, 0.2) is 206 Å². The number of hydrogen-bond acceptors (Lipinski definition) is 0. The Balaban J connectivity index is 1.22. The topological polar surface area (TPSA) is 19.7 Å². The fraction of sp³-hybridized carbons (Fsp3) is 0. The Kier molecular flexibility index (Phi) is 6.41. The van der Waals surface area contributed by atoms with E-state index in [0.717, 1.165) is 22.7 Å². The van der Waals surface area contributed by atoms with Crippen molar-refractivity contribution in [2.45, 2.75) is 0 Å². The molecule has 0 aliphatic carbocycles. The van der Waals surface area contributed by atoms with Crippen LogP contribution in [-0.4, -0.2) is 18.3 Å². The zero-order valence-corrected chi connectivity index (χ0v) is 31.4. The Morgan fingerprint density at radius 3 is 1.00 bits per heavy atom. The first-order valence-electron chi connectivity index (χ1n) is 20.0. The van der Waals surface area contributed by atoms with E-state index in [1.54, 1.807) is 0 Å². The minimum Gasteiger partial charge on any atom is -0.309 e. The van der Waals surface area contributed by atoms with Crippen molar-refractivity contribution in [1.82, 2.24) is 18.3 Å². The van der Waals surface area contributed by atoms with Crippen molar-refractivity contribution in [3.63, 3.8) is 0 Å². The molecule has 13 aromatic rings. The molecule has 4 aromatic heterocycles. The van der Waals surface area contributed by atoms with E-state index < -0.39 is 0 Å². The predicted molar refractivity (Wildman–Crippen MR) is 244 cm³/mol. The second-order valence-corrected chi connectivity index (χ2v) is 15.3. The van der Waals surface area contributed by atoms with Crippen LogP contribution in [0, 0.1) is 0 Å². The van der Waals surface area contributed by atoms with Crippen molar-refractivity contribution in [3.8, 4) is 22.7 Å². The van der Waals surface area contributed by atoms with E-state index >= 15 is 0 Å². The molecular formula is C54H34N4. The molecule has 0 saturated heterocycles. The van der Waals surface area contributed by atoms with Gasteiger partial charge in [-0.15, -0.1) is 0 Å². The van der Waals surface area contributed by atoms with Gasteiger partial charge in [0.05, 0.1) is 61.2 Å². The smallest absolute Gasteiger partial charge is 0.0641 e. The van der Waals surface area contributed by atoms with Gasteiger partial charge >= 0.3 is 0 Å². The second kappa shape index (κ2) is 11.8. The fourth-order valence-corrected chi connectivity index (χ4v) is 10.0. The molecule has 0 saturated carbocycles. The lowest BCUT2D eigenvalue weighted by molar-refractivity contribution is 1.10. The van der Waals surface area contributed by atoms with Crippen LogP contribution in [0.1, 0.15) is 0 Å². The molecule has 0 unspecified atom stereocenters. The van der Waals surface area contributed by atoms with Gasteiger partial charge in [0.15, 0.2) is 0 Å². The highest BCUT2D eigenvalue weighted by atomic mass is 15.1. The molecule has 0 radical (unpaired) electrons. The van der Waals surface area contributed by atoms with Gasteiger partial charge in [-0.2, -0.15) is 0 Å². The molecule has 4 heterocycles. The summed E-state index contributed by atoms with van der Waals surface area (Å²) < 4.78 is 9.86. The van der Waals surface area contributed by atoms with Crippen molar-refractivity contribution in [2.75, 3.05) is 0 Å². The van der Waals surface area contributed by atoms with Crippen LogP contribution in [0.2, 0.25) is 0 Å². The third-order valence-electron chi connectivity index (χ3n) is 12.3. The Hall–Kier alpha value is -7.82. The van der Waals surface area contributed by atoms with Crippen LogP contribution in [0.3, 0.4) is 0 Å². The molecule has 4 nitrogen and oxygen atoms in total. The molecule has 0 spiro atoms. The molecule has 0 amide bonds. The number of benzene rings is 9.